The Labute approximate surface area is 222 Å². The average molecular weight is 563 g/mol. The number of piperidine rings is 2. The topological polar surface area (TPSA) is 114 Å². The summed E-state index contributed by atoms with van der Waals surface area (Å²) in [7, 11) is -6.94. The largest absolute Gasteiger partial charge is 0.416 e. The van der Waals surface area contributed by atoms with Gasteiger partial charge in [-0.2, -0.15) is 8.61 Å². The highest BCUT2D eigenvalue weighted by Gasteiger charge is 2.32. The smallest absolute Gasteiger partial charge is 0.276 e. The van der Waals surface area contributed by atoms with Gasteiger partial charge >= 0.3 is 0 Å². The minimum absolute atomic E-state index is 0.0170. The van der Waals surface area contributed by atoms with E-state index in [1.54, 1.807) is 46.8 Å². The third-order valence-electron chi connectivity index (χ3n) is 6.84. The van der Waals surface area contributed by atoms with E-state index < -0.39 is 20.0 Å². The lowest BCUT2D eigenvalue weighted by Crippen LogP contribution is -2.37. The van der Waals surface area contributed by atoms with Crippen LogP contribution in [0, 0.1) is 0 Å². The van der Waals surface area contributed by atoms with Crippen molar-refractivity contribution < 1.29 is 21.3 Å². The van der Waals surface area contributed by atoms with Crippen molar-refractivity contribution in [1.29, 1.82) is 0 Å². The first-order chi connectivity index (χ1) is 17.8. The Morgan fingerprint density at radius 2 is 1.35 bits per heavy atom. The molecule has 3 aromatic rings. The second-order valence-electron chi connectivity index (χ2n) is 9.29. The molecule has 2 aromatic carbocycles. The number of sulfonamides is 2. The summed E-state index contributed by atoms with van der Waals surface area (Å²) in [5.41, 5.74) is 0.960. The third kappa shape index (κ3) is 5.93. The van der Waals surface area contributed by atoms with Gasteiger partial charge in [0.2, 0.25) is 25.9 Å². The molecule has 0 saturated carbocycles. The monoisotopic (exact) mass is 562 g/mol. The van der Waals surface area contributed by atoms with Crippen LogP contribution in [0.25, 0.3) is 0 Å². The Morgan fingerprint density at radius 3 is 2.00 bits per heavy atom. The van der Waals surface area contributed by atoms with Crippen LogP contribution < -0.4 is 0 Å². The van der Waals surface area contributed by atoms with Crippen molar-refractivity contribution in [3.63, 3.8) is 0 Å². The molecule has 12 heteroatoms. The predicted octanol–water partition coefficient (Wildman–Crippen LogP) is 4.10. The first-order valence-corrected chi connectivity index (χ1v) is 16.3. The first-order valence-electron chi connectivity index (χ1n) is 12.4. The summed E-state index contributed by atoms with van der Waals surface area (Å²) >= 11 is 1.40. The standard InChI is InChI=1S/C25H30N4O5S3/c30-36(31,22-7-3-1-4-8-22)29-17-13-21(14-18-29)24-26-27-25(34-24)35-19-20-9-11-23(12-10-20)37(32,33)28-15-5-2-6-16-28/h1,3-4,7-12,21H,2,5-6,13-19H2. The zero-order valence-corrected chi connectivity index (χ0v) is 22.8. The van der Waals surface area contributed by atoms with Crippen LogP contribution in [0.4, 0.5) is 0 Å². The zero-order chi connectivity index (χ0) is 25.9. The highest BCUT2D eigenvalue weighted by molar-refractivity contribution is 7.98. The van der Waals surface area contributed by atoms with Crippen molar-refractivity contribution >= 4 is 31.8 Å². The summed E-state index contributed by atoms with van der Waals surface area (Å²) < 4.78 is 60.3. The van der Waals surface area contributed by atoms with Crippen LogP contribution in [0.1, 0.15) is 49.5 Å². The number of hydrogen-bond donors (Lipinski definition) is 0. The molecule has 1 aromatic heterocycles. The molecule has 3 heterocycles. The van der Waals surface area contributed by atoms with Crippen molar-refractivity contribution in [3.8, 4) is 0 Å². The molecule has 0 atom stereocenters. The Balaban J connectivity index is 1.14. The van der Waals surface area contributed by atoms with Gasteiger partial charge in [-0.1, -0.05) is 48.5 Å². The number of thioether (sulfide) groups is 1. The molecule has 2 fully saturated rings. The van der Waals surface area contributed by atoms with E-state index in [1.807, 2.05) is 12.1 Å². The molecular formula is C25H30N4O5S3. The van der Waals surface area contributed by atoms with Gasteiger partial charge in [-0.3, -0.25) is 0 Å². The van der Waals surface area contributed by atoms with Gasteiger partial charge in [0.15, 0.2) is 0 Å². The van der Waals surface area contributed by atoms with Crippen molar-refractivity contribution in [3.05, 3.63) is 66.1 Å². The van der Waals surface area contributed by atoms with Crippen molar-refractivity contribution in [2.24, 2.45) is 0 Å². The molecule has 0 amide bonds. The summed E-state index contributed by atoms with van der Waals surface area (Å²) in [5, 5.41) is 8.80. The minimum Gasteiger partial charge on any atom is -0.416 e. The van der Waals surface area contributed by atoms with E-state index in [-0.39, 0.29) is 5.92 Å². The molecule has 0 radical (unpaired) electrons. The fourth-order valence-electron chi connectivity index (χ4n) is 4.69. The molecule has 37 heavy (non-hydrogen) atoms. The normalized spacial score (nSPS) is 18.7. The molecule has 0 aliphatic carbocycles. The van der Waals surface area contributed by atoms with Crippen LogP contribution in [0.15, 0.2) is 74.0 Å². The van der Waals surface area contributed by atoms with Gasteiger partial charge in [0.25, 0.3) is 5.22 Å². The molecular weight excluding hydrogens is 532 g/mol. The van der Waals surface area contributed by atoms with E-state index in [0.717, 1.165) is 24.8 Å². The van der Waals surface area contributed by atoms with Crippen LogP contribution in [-0.2, 0) is 25.8 Å². The van der Waals surface area contributed by atoms with Crippen molar-refractivity contribution in [2.75, 3.05) is 26.2 Å². The van der Waals surface area contributed by atoms with Gasteiger partial charge in [-0.05, 0) is 55.5 Å². The fourth-order valence-corrected chi connectivity index (χ4v) is 8.42. The lowest BCUT2D eigenvalue weighted by atomic mass is 9.98. The lowest BCUT2D eigenvalue weighted by Gasteiger charge is -2.29. The molecule has 2 aliphatic heterocycles. The van der Waals surface area contributed by atoms with Gasteiger partial charge in [-0.15, -0.1) is 10.2 Å². The maximum absolute atomic E-state index is 12.8. The average Bonchev–Trinajstić information content (AvgIpc) is 3.42. The quantitative estimate of drug-likeness (QED) is 0.377. The molecule has 5 rings (SSSR count). The van der Waals surface area contributed by atoms with Crippen LogP contribution in [0.5, 0.6) is 0 Å². The second-order valence-corrected chi connectivity index (χ2v) is 14.1. The van der Waals surface area contributed by atoms with E-state index in [0.29, 0.717) is 65.7 Å². The SMILES string of the molecule is O=S(=O)(c1ccc(CSc2nnc(C3CCN(S(=O)(=O)c4ccccc4)CC3)o2)cc1)N1CCCCC1. The molecule has 2 aliphatic rings. The Morgan fingerprint density at radius 1 is 0.757 bits per heavy atom. The molecule has 9 nitrogen and oxygen atoms in total. The molecule has 0 bridgehead atoms. The van der Waals surface area contributed by atoms with E-state index in [2.05, 4.69) is 10.2 Å². The van der Waals surface area contributed by atoms with Gasteiger partial charge < -0.3 is 4.42 Å². The van der Waals surface area contributed by atoms with Crippen LogP contribution in [0.2, 0.25) is 0 Å². The minimum atomic E-state index is -3.50. The maximum Gasteiger partial charge on any atom is 0.276 e. The Kier molecular flexibility index (Phi) is 8.01. The first kappa shape index (κ1) is 26.4. The molecule has 198 valence electrons. The van der Waals surface area contributed by atoms with Crippen molar-refractivity contribution in [2.45, 2.75) is 58.8 Å². The summed E-state index contributed by atoms with van der Waals surface area (Å²) in [6.07, 6.45) is 4.13. The second kappa shape index (κ2) is 11.2. The molecule has 0 unspecified atom stereocenters. The van der Waals surface area contributed by atoms with Gasteiger partial charge in [0.05, 0.1) is 9.79 Å². The number of aromatic nitrogens is 2. The summed E-state index contributed by atoms with van der Waals surface area (Å²) in [5.74, 6) is 1.12. The van der Waals surface area contributed by atoms with Crippen LogP contribution in [0.3, 0.4) is 0 Å². The highest BCUT2D eigenvalue weighted by Crippen LogP contribution is 2.32. The van der Waals surface area contributed by atoms with Gasteiger partial charge in [0.1, 0.15) is 0 Å². The number of benzene rings is 2. The lowest BCUT2D eigenvalue weighted by molar-refractivity contribution is 0.280. The number of rotatable bonds is 8. The zero-order valence-electron chi connectivity index (χ0n) is 20.4. The maximum atomic E-state index is 12.8. The van der Waals surface area contributed by atoms with Crippen molar-refractivity contribution in [1.82, 2.24) is 18.8 Å². The van der Waals surface area contributed by atoms with E-state index >= 15 is 0 Å². The molecule has 2 saturated heterocycles. The highest BCUT2D eigenvalue weighted by atomic mass is 32.2. The number of hydrogen-bond acceptors (Lipinski definition) is 8. The Hall–Kier alpha value is -2.25. The third-order valence-corrected chi connectivity index (χ3v) is 11.6. The van der Waals surface area contributed by atoms with E-state index in [9.17, 15) is 16.8 Å². The summed E-state index contributed by atoms with van der Waals surface area (Å²) in [6.45, 7) is 1.97. The Bertz CT molecular complexity index is 1400. The molecule has 0 N–H and O–H groups in total. The van der Waals surface area contributed by atoms with Crippen LogP contribution >= 0.6 is 11.8 Å². The molecule has 0 spiro atoms. The predicted molar refractivity (Wildman–Crippen MR) is 140 cm³/mol. The van der Waals surface area contributed by atoms with Crippen LogP contribution in [-0.4, -0.2) is 61.8 Å². The van der Waals surface area contributed by atoms with Gasteiger partial charge in [0, 0.05) is 37.8 Å². The summed E-state index contributed by atoms with van der Waals surface area (Å²) in [6, 6.07) is 15.5. The van der Waals surface area contributed by atoms with E-state index in [1.165, 1.54) is 16.1 Å². The summed E-state index contributed by atoms with van der Waals surface area (Å²) in [4.78, 5) is 0.630. The van der Waals surface area contributed by atoms with E-state index in [4.69, 9.17) is 4.42 Å². The number of nitrogens with zero attached hydrogens (tertiary/aromatic N) is 4. The van der Waals surface area contributed by atoms with Gasteiger partial charge in [-0.25, -0.2) is 16.8 Å². The fraction of sp³-hybridized carbons (Fsp3) is 0.440.